The minimum absolute atomic E-state index is 0.0270. The second-order valence-electron chi connectivity index (χ2n) is 9.64. The lowest BCUT2D eigenvalue weighted by molar-refractivity contribution is -0.141. The second kappa shape index (κ2) is 11.7. The number of hydrogen-bond donors (Lipinski definition) is 2. The summed E-state index contributed by atoms with van der Waals surface area (Å²) in [6.45, 7) is 4.72. The molecular formula is C27H29F3N6O2S. The van der Waals surface area contributed by atoms with Crippen LogP contribution in [-0.2, 0) is 16.6 Å². The Morgan fingerprint density at radius 2 is 2.03 bits per heavy atom. The van der Waals surface area contributed by atoms with Gasteiger partial charge in [0.15, 0.2) is 0 Å². The Labute approximate surface area is 228 Å². The summed E-state index contributed by atoms with van der Waals surface area (Å²) in [6.07, 6.45) is 0.316. The predicted molar refractivity (Wildman–Crippen MR) is 141 cm³/mol. The Morgan fingerprint density at radius 3 is 2.69 bits per heavy atom. The molecule has 1 fully saturated rings. The molecule has 0 unspecified atom stereocenters. The van der Waals surface area contributed by atoms with Crippen molar-refractivity contribution in [3.05, 3.63) is 52.9 Å². The molecule has 1 aliphatic rings. The highest BCUT2D eigenvalue weighted by molar-refractivity contribution is 7.15. The average molecular weight is 559 g/mol. The molecule has 0 saturated heterocycles. The number of alkyl halides is 3. The van der Waals surface area contributed by atoms with Crippen molar-refractivity contribution in [2.24, 2.45) is 5.92 Å². The second-order valence-corrected chi connectivity index (χ2v) is 10.7. The molecule has 1 amide bonds. The predicted octanol–water partition coefficient (Wildman–Crippen LogP) is 5.81. The van der Waals surface area contributed by atoms with Crippen molar-refractivity contribution in [1.82, 2.24) is 19.9 Å². The highest BCUT2D eigenvalue weighted by Gasteiger charge is 2.40. The molecule has 1 aromatic carbocycles. The third-order valence-electron chi connectivity index (χ3n) is 6.82. The van der Waals surface area contributed by atoms with Gasteiger partial charge in [0.2, 0.25) is 11.9 Å². The number of nitriles is 1. The first-order chi connectivity index (χ1) is 18.5. The molecule has 1 saturated carbocycles. The molecule has 206 valence electrons. The van der Waals surface area contributed by atoms with Gasteiger partial charge in [-0.1, -0.05) is 6.07 Å². The average Bonchev–Trinajstić information content (AvgIpc) is 3.40. The van der Waals surface area contributed by atoms with Gasteiger partial charge in [0.1, 0.15) is 16.3 Å². The maximum Gasteiger partial charge on any atom is 0.433 e. The van der Waals surface area contributed by atoms with Crippen LogP contribution in [0.2, 0.25) is 0 Å². The molecule has 12 heteroatoms. The SMILES string of the molecule is CCN(CCC#N)C(=O)[C@H]1CC[C@@](O)(c2ncc(-c3cc(C)cc(Nc4nccc(C(F)(F)F)n4)c3)s2)CC1. The first-order valence-electron chi connectivity index (χ1n) is 12.7. The summed E-state index contributed by atoms with van der Waals surface area (Å²) < 4.78 is 39.1. The Hall–Kier alpha value is -3.56. The molecule has 0 atom stereocenters. The molecule has 8 nitrogen and oxygen atoms in total. The molecule has 0 aliphatic heterocycles. The van der Waals surface area contributed by atoms with Gasteiger partial charge in [0, 0.05) is 37.1 Å². The van der Waals surface area contributed by atoms with Gasteiger partial charge in [-0.25, -0.2) is 15.0 Å². The number of nitrogens with one attached hydrogen (secondary N) is 1. The fourth-order valence-electron chi connectivity index (χ4n) is 4.75. The van der Waals surface area contributed by atoms with Crippen molar-refractivity contribution in [3.63, 3.8) is 0 Å². The molecule has 2 aromatic heterocycles. The van der Waals surface area contributed by atoms with Crippen LogP contribution >= 0.6 is 11.3 Å². The van der Waals surface area contributed by atoms with Crippen LogP contribution in [0.4, 0.5) is 24.8 Å². The van der Waals surface area contributed by atoms with E-state index >= 15 is 0 Å². The summed E-state index contributed by atoms with van der Waals surface area (Å²) in [5.41, 5.74) is 0.00610. The number of aryl methyl sites for hydroxylation is 1. The minimum atomic E-state index is -4.57. The number of anilines is 2. The smallest absolute Gasteiger partial charge is 0.383 e. The van der Waals surface area contributed by atoms with Gasteiger partial charge in [-0.3, -0.25) is 4.79 Å². The third-order valence-corrected chi connectivity index (χ3v) is 8.06. The van der Waals surface area contributed by atoms with Gasteiger partial charge in [0.05, 0.1) is 17.4 Å². The van der Waals surface area contributed by atoms with Crippen LogP contribution < -0.4 is 5.32 Å². The Morgan fingerprint density at radius 1 is 1.28 bits per heavy atom. The van der Waals surface area contributed by atoms with Crippen LogP contribution in [0.25, 0.3) is 10.4 Å². The topological polar surface area (TPSA) is 115 Å². The molecule has 4 rings (SSSR count). The fourth-order valence-corrected chi connectivity index (χ4v) is 5.80. The largest absolute Gasteiger partial charge is 0.433 e. The Kier molecular flexibility index (Phi) is 8.51. The van der Waals surface area contributed by atoms with Crippen molar-refractivity contribution in [2.45, 2.75) is 57.7 Å². The molecule has 2 heterocycles. The lowest BCUT2D eigenvalue weighted by Gasteiger charge is -2.35. The Bertz CT molecular complexity index is 1360. The molecule has 0 bridgehead atoms. The highest BCUT2D eigenvalue weighted by atomic mass is 32.1. The number of benzene rings is 1. The van der Waals surface area contributed by atoms with Crippen molar-refractivity contribution >= 4 is 28.9 Å². The summed E-state index contributed by atoms with van der Waals surface area (Å²) in [6, 6.07) is 8.36. The number of carbonyl (C=O) groups excluding carboxylic acids is 1. The highest BCUT2D eigenvalue weighted by Crippen LogP contribution is 2.43. The zero-order valence-corrected chi connectivity index (χ0v) is 22.4. The van der Waals surface area contributed by atoms with Crippen molar-refractivity contribution in [2.75, 3.05) is 18.4 Å². The molecule has 1 aliphatic carbocycles. The van der Waals surface area contributed by atoms with E-state index < -0.39 is 17.5 Å². The van der Waals surface area contributed by atoms with Gasteiger partial charge in [-0.15, -0.1) is 11.3 Å². The van der Waals surface area contributed by atoms with Crippen LogP contribution in [-0.4, -0.2) is 44.0 Å². The van der Waals surface area contributed by atoms with E-state index in [2.05, 4.69) is 26.3 Å². The van der Waals surface area contributed by atoms with E-state index in [1.54, 1.807) is 23.2 Å². The van der Waals surface area contributed by atoms with Gasteiger partial charge in [-0.05, 0) is 68.9 Å². The number of nitrogens with zero attached hydrogens (tertiary/aromatic N) is 5. The number of amides is 1. The van der Waals surface area contributed by atoms with Crippen LogP contribution in [0.3, 0.4) is 0 Å². The summed E-state index contributed by atoms with van der Waals surface area (Å²) in [4.78, 5) is 27.3. The van der Waals surface area contributed by atoms with Crippen LogP contribution in [0.5, 0.6) is 0 Å². The number of thiazole rings is 1. The van der Waals surface area contributed by atoms with Crippen molar-refractivity contribution in [1.29, 1.82) is 5.26 Å². The molecule has 3 aromatic rings. The monoisotopic (exact) mass is 558 g/mol. The number of carbonyl (C=O) groups is 1. The van der Waals surface area contributed by atoms with Crippen LogP contribution in [0.15, 0.2) is 36.7 Å². The van der Waals surface area contributed by atoms with E-state index in [9.17, 15) is 23.1 Å². The molecule has 0 spiro atoms. The van der Waals surface area contributed by atoms with Gasteiger partial charge >= 0.3 is 6.18 Å². The van der Waals surface area contributed by atoms with E-state index in [0.717, 1.165) is 28.3 Å². The van der Waals surface area contributed by atoms with E-state index in [4.69, 9.17) is 5.26 Å². The lowest BCUT2D eigenvalue weighted by atomic mass is 9.78. The number of aromatic nitrogens is 3. The van der Waals surface area contributed by atoms with E-state index in [1.807, 2.05) is 19.9 Å². The molecule has 0 radical (unpaired) electrons. The first-order valence-corrected chi connectivity index (χ1v) is 13.5. The molecule has 2 N–H and O–H groups in total. The summed E-state index contributed by atoms with van der Waals surface area (Å²) in [5.74, 6) is -0.327. The first kappa shape index (κ1) is 28.4. The number of rotatable bonds is 8. The van der Waals surface area contributed by atoms with Crippen LogP contribution in [0, 0.1) is 24.2 Å². The Balaban J connectivity index is 1.47. The summed E-state index contributed by atoms with van der Waals surface area (Å²) in [7, 11) is 0. The van der Waals surface area contributed by atoms with Crippen molar-refractivity contribution in [3.8, 4) is 16.5 Å². The normalized spacial score (nSPS) is 19.4. The molecular weight excluding hydrogens is 529 g/mol. The van der Waals surface area contributed by atoms with Gasteiger partial charge in [0.25, 0.3) is 0 Å². The third kappa shape index (κ3) is 6.72. The quantitative estimate of drug-likeness (QED) is 0.358. The maximum atomic E-state index is 13.0. The maximum absolute atomic E-state index is 13.0. The lowest BCUT2D eigenvalue weighted by Crippen LogP contribution is -2.41. The van der Waals surface area contributed by atoms with E-state index in [-0.39, 0.29) is 17.8 Å². The number of aliphatic hydroxyl groups is 1. The standard InChI is InChI=1S/C27H29F3N6O2S/c1-3-36(12-4-10-31)23(37)18-5-8-26(38,9-6-18)24-33-16-21(39-24)19-13-17(2)14-20(15-19)34-25-32-11-7-22(35-25)27(28,29)30/h7,11,13-16,18,38H,3-6,8-9,12H2,1-2H3,(H,32,34,35)/t18-,26-. The summed E-state index contributed by atoms with van der Waals surface area (Å²) in [5, 5.41) is 23.6. The van der Waals surface area contributed by atoms with Crippen LogP contribution in [0.1, 0.15) is 55.3 Å². The fraction of sp³-hybridized carbons (Fsp3) is 0.444. The summed E-state index contributed by atoms with van der Waals surface area (Å²) >= 11 is 1.35. The van der Waals surface area contributed by atoms with Gasteiger partial charge < -0.3 is 15.3 Å². The van der Waals surface area contributed by atoms with Crippen molar-refractivity contribution < 1.29 is 23.1 Å². The number of halogens is 3. The zero-order valence-electron chi connectivity index (χ0n) is 21.6. The zero-order chi connectivity index (χ0) is 28.2. The van der Waals surface area contributed by atoms with Gasteiger partial charge in [-0.2, -0.15) is 18.4 Å². The van der Waals surface area contributed by atoms with E-state index in [1.165, 1.54) is 11.3 Å². The molecule has 39 heavy (non-hydrogen) atoms. The minimum Gasteiger partial charge on any atom is -0.383 e. The van der Waals surface area contributed by atoms with E-state index in [0.29, 0.717) is 55.9 Å². The number of hydrogen-bond acceptors (Lipinski definition) is 8.